The number of halogens is 1. The predicted octanol–water partition coefficient (Wildman–Crippen LogP) is 3.84. The summed E-state index contributed by atoms with van der Waals surface area (Å²) in [5.41, 5.74) is 1.35. The highest BCUT2D eigenvalue weighted by molar-refractivity contribution is 7.92. The molecule has 0 bridgehead atoms. The van der Waals surface area contributed by atoms with Gasteiger partial charge in [-0.05, 0) is 55.2 Å². The van der Waals surface area contributed by atoms with Crippen LogP contribution in [-0.2, 0) is 16.4 Å². The van der Waals surface area contributed by atoms with Gasteiger partial charge in [0.1, 0.15) is 11.6 Å². The van der Waals surface area contributed by atoms with Crippen LogP contribution in [0, 0.1) is 5.82 Å². The zero-order valence-electron chi connectivity index (χ0n) is 17.1. The molecule has 1 amide bonds. The zero-order chi connectivity index (χ0) is 22.2. The van der Waals surface area contributed by atoms with Crippen LogP contribution < -0.4 is 14.4 Å². The van der Waals surface area contributed by atoms with Gasteiger partial charge in [-0.1, -0.05) is 6.42 Å². The molecule has 31 heavy (non-hydrogen) atoms. The quantitative estimate of drug-likeness (QED) is 0.655. The van der Waals surface area contributed by atoms with Crippen LogP contribution in [0.25, 0.3) is 22.4 Å². The highest BCUT2D eigenvalue weighted by Crippen LogP contribution is 2.42. The molecule has 0 saturated carbocycles. The standard InChI is InChI=1S/C21H22FN3O5S/c1-23-21(26)30-18-16-12-14-6-4-3-5-11-25(31(2,27)28)19(14)24-20(16)29-17(18)13-7-9-15(22)10-8-13/h7-10,12H,3-6,11H2,1-2H3,(H,23,26). The van der Waals surface area contributed by atoms with Gasteiger partial charge in [0.25, 0.3) is 0 Å². The van der Waals surface area contributed by atoms with Crippen molar-refractivity contribution in [2.75, 3.05) is 24.2 Å². The number of pyridine rings is 1. The zero-order valence-corrected chi connectivity index (χ0v) is 18.0. The molecule has 4 rings (SSSR count). The molecule has 1 aliphatic heterocycles. The minimum atomic E-state index is -3.54. The van der Waals surface area contributed by atoms with E-state index < -0.39 is 21.9 Å². The van der Waals surface area contributed by atoms with Crippen LogP contribution >= 0.6 is 0 Å². The lowest BCUT2D eigenvalue weighted by atomic mass is 10.0. The summed E-state index contributed by atoms with van der Waals surface area (Å²) in [4.78, 5) is 16.5. The number of benzene rings is 1. The van der Waals surface area contributed by atoms with Crippen molar-refractivity contribution < 1.29 is 26.8 Å². The van der Waals surface area contributed by atoms with Crippen molar-refractivity contribution >= 4 is 33.0 Å². The number of hydrogen-bond donors (Lipinski definition) is 1. The Labute approximate surface area is 179 Å². The Kier molecular flexibility index (Phi) is 5.57. The van der Waals surface area contributed by atoms with Gasteiger partial charge in [0, 0.05) is 19.2 Å². The average Bonchev–Trinajstić information content (AvgIpc) is 3.04. The van der Waals surface area contributed by atoms with Crippen molar-refractivity contribution in [1.82, 2.24) is 10.3 Å². The van der Waals surface area contributed by atoms with E-state index in [1.165, 1.54) is 35.6 Å². The molecule has 1 N–H and O–H groups in total. The number of rotatable bonds is 3. The Morgan fingerprint density at radius 2 is 1.97 bits per heavy atom. The van der Waals surface area contributed by atoms with Gasteiger partial charge in [-0.15, -0.1) is 0 Å². The third-order valence-corrected chi connectivity index (χ3v) is 6.30. The number of nitrogens with zero attached hydrogens (tertiary/aromatic N) is 2. The molecular formula is C21H22FN3O5S. The van der Waals surface area contributed by atoms with Crippen molar-refractivity contribution in [3.05, 3.63) is 41.7 Å². The minimum Gasteiger partial charge on any atom is -0.434 e. The number of hydrogen-bond acceptors (Lipinski definition) is 6. The van der Waals surface area contributed by atoms with Crippen molar-refractivity contribution in [2.45, 2.75) is 25.7 Å². The number of nitrogens with one attached hydrogen (secondary N) is 1. The lowest BCUT2D eigenvalue weighted by molar-refractivity contribution is 0.203. The van der Waals surface area contributed by atoms with Crippen LogP contribution in [0.3, 0.4) is 0 Å². The number of aryl methyl sites for hydroxylation is 1. The van der Waals surface area contributed by atoms with Crippen LogP contribution in [0.15, 0.2) is 34.7 Å². The largest absolute Gasteiger partial charge is 0.434 e. The number of aromatic nitrogens is 1. The van der Waals surface area contributed by atoms with Crippen LogP contribution in [0.1, 0.15) is 24.8 Å². The van der Waals surface area contributed by atoms with E-state index >= 15 is 0 Å². The molecule has 1 aliphatic rings. The van der Waals surface area contributed by atoms with Gasteiger partial charge in [-0.2, -0.15) is 4.98 Å². The Morgan fingerprint density at radius 3 is 2.65 bits per heavy atom. The maximum atomic E-state index is 13.4. The smallest absolute Gasteiger partial charge is 0.412 e. The highest BCUT2D eigenvalue weighted by atomic mass is 32.2. The van der Waals surface area contributed by atoms with Gasteiger partial charge < -0.3 is 14.5 Å². The third-order valence-electron chi connectivity index (χ3n) is 5.14. The van der Waals surface area contributed by atoms with Crippen LogP contribution in [0.4, 0.5) is 15.0 Å². The summed E-state index contributed by atoms with van der Waals surface area (Å²) < 4.78 is 50.9. The molecule has 10 heteroatoms. The minimum absolute atomic E-state index is 0.131. The first-order valence-corrected chi connectivity index (χ1v) is 11.7. The first-order valence-electron chi connectivity index (χ1n) is 9.87. The summed E-state index contributed by atoms with van der Waals surface area (Å²) in [5.74, 6) is 0.248. The molecule has 0 radical (unpaired) electrons. The summed E-state index contributed by atoms with van der Waals surface area (Å²) in [6, 6.07) is 7.30. The topological polar surface area (TPSA) is 102 Å². The van der Waals surface area contributed by atoms with Crippen LogP contribution in [0.5, 0.6) is 5.75 Å². The monoisotopic (exact) mass is 447 g/mol. The van der Waals surface area contributed by atoms with Crippen LogP contribution in [0.2, 0.25) is 0 Å². The Morgan fingerprint density at radius 1 is 1.23 bits per heavy atom. The van der Waals surface area contributed by atoms with E-state index in [0.717, 1.165) is 31.1 Å². The molecule has 2 aromatic heterocycles. The molecule has 0 unspecified atom stereocenters. The molecule has 1 aromatic carbocycles. The third kappa shape index (κ3) is 4.20. The fourth-order valence-electron chi connectivity index (χ4n) is 3.65. The molecule has 0 fully saturated rings. The first-order chi connectivity index (χ1) is 14.8. The lowest BCUT2D eigenvalue weighted by Crippen LogP contribution is -2.33. The number of anilines is 1. The summed E-state index contributed by atoms with van der Waals surface area (Å²) >= 11 is 0. The number of carbonyl (C=O) groups is 1. The van der Waals surface area contributed by atoms with Crippen molar-refractivity contribution in [3.8, 4) is 17.1 Å². The number of amides is 1. The van der Waals surface area contributed by atoms with Crippen LogP contribution in [-0.4, -0.2) is 39.3 Å². The maximum Gasteiger partial charge on any atom is 0.412 e. The summed E-state index contributed by atoms with van der Waals surface area (Å²) in [7, 11) is -2.11. The summed E-state index contributed by atoms with van der Waals surface area (Å²) in [6.07, 6.45) is 3.58. The molecule has 3 heterocycles. The first kappa shape index (κ1) is 21.1. The maximum absolute atomic E-state index is 13.4. The van der Waals surface area contributed by atoms with Gasteiger partial charge in [0.15, 0.2) is 11.5 Å². The molecule has 0 spiro atoms. The fourth-order valence-corrected chi connectivity index (χ4v) is 4.58. The highest BCUT2D eigenvalue weighted by Gasteiger charge is 2.28. The number of sulfonamides is 1. The number of carbonyl (C=O) groups excluding carboxylic acids is 1. The number of fused-ring (bicyclic) bond motifs is 2. The molecule has 0 atom stereocenters. The fraction of sp³-hybridized carbons (Fsp3) is 0.333. The van der Waals surface area contributed by atoms with E-state index in [9.17, 15) is 17.6 Å². The normalized spacial score (nSPS) is 14.6. The van der Waals surface area contributed by atoms with Crippen molar-refractivity contribution in [3.63, 3.8) is 0 Å². The van der Waals surface area contributed by atoms with Gasteiger partial charge in [0.05, 0.1) is 11.6 Å². The van der Waals surface area contributed by atoms with E-state index in [-0.39, 0.29) is 17.2 Å². The Bertz CT molecular complexity index is 1240. The second-order valence-electron chi connectivity index (χ2n) is 7.38. The van der Waals surface area contributed by atoms with Gasteiger partial charge >= 0.3 is 6.09 Å². The van der Waals surface area contributed by atoms with E-state index in [4.69, 9.17) is 9.15 Å². The van der Waals surface area contributed by atoms with Crippen molar-refractivity contribution in [1.29, 1.82) is 0 Å². The number of furan rings is 1. The average molecular weight is 447 g/mol. The lowest BCUT2D eigenvalue weighted by Gasteiger charge is -2.25. The molecular weight excluding hydrogens is 425 g/mol. The van der Waals surface area contributed by atoms with Crippen molar-refractivity contribution in [2.24, 2.45) is 0 Å². The summed E-state index contributed by atoms with van der Waals surface area (Å²) in [5, 5.41) is 2.83. The second kappa shape index (κ2) is 8.18. The molecule has 8 nitrogen and oxygen atoms in total. The molecule has 0 aliphatic carbocycles. The number of ether oxygens (including phenoxy) is 1. The second-order valence-corrected chi connectivity index (χ2v) is 9.28. The van der Waals surface area contributed by atoms with Gasteiger partial charge in [-0.25, -0.2) is 17.6 Å². The van der Waals surface area contributed by atoms with E-state index in [0.29, 0.717) is 29.7 Å². The van der Waals surface area contributed by atoms with E-state index in [2.05, 4.69) is 10.3 Å². The summed E-state index contributed by atoms with van der Waals surface area (Å²) in [6.45, 7) is 0.331. The molecule has 164 valence electrons. The predicted molar refractivity (Wildman–Crippen MR) is 114 cm³/mol. The van der Waals surface area contributed by atoms with E-state index in [1.54, 1.807) is 6.07 Å². The molecule has 0 saturated heterocycles. The van der Waals surface area contributed by atoms with E-state index in [1.807, 2.05) is 0 Å². The Balaban J connectivity index is 1.96. The SMILES string of the molecule is CNC(=O)Oc1c(-c2ccc(F)cc2)oc2nc3c(cc12)CCCCCN3S(C)(=O)=O. The molecule has 3 aromatic rings. The van der Waals surface area contributed by atoms with Gasteiger partial charge in [-0.3, -0.25) is 4.31 Å². The van der Waals surface area contributed by atoms with Gasteiger partial charge in [0.2, 0.25) is 15.7 Å². The Hall–Kier alpha value is -3.14.